The van der Waals surface area contributed by atoms with E-state index in [9.17, 15) is 18.9 Å². The minimum absolute atomic E-state index is 0.0527. The van der Waals surface area contributed by atoms with Crippen LogP contribution in [-0.4, -0.2) is 23.7 Å². The molecule has 21 heavy (non-hydrogen) atoms. The summed E-state index contributed by atoms with van der Waals surface area (Å²) >= 11 is 0. The van der Waals surface area contributed by atoms with Crippen LogP contribution in [0, 0.1) is 21.7 Å². The average molecular weight is 300 g/mol. The molecule has 1 N–H and O–H groups in total. The molecule has 1 fully saturated rings. The van der Waals surface area contributed by atoms with Gasteiger partial charge in [-0.1, -0.05) is 13.3 Å². The lowest BCUT2D eigenvalue weighted by Crippen LogP contribution is -2.34. The van der Waals surface area contributed by atoms with Crippen LogP contribution in [-0.2, 0) is 4.74 Å². The number of benzene rings is 1. The number of nitro benzene ring substituents is 1. The number of anilines is 1. The van der Waals surface area contributed by atoms with Gasteiger partial charge in [-0.15, -0.1) is 0 Å². The van der Waals surface area contributed by atoms with Crippen molar-refractivity contribution in [1.29, 1.82) is 0 Å². The molecular weight excluding hydrogens is 282 g/mol. The number of hydrogen-bond acceptors (Lipinski definition) is 4. The fourth-order valence-corrected chi connectivity index (χ4v) is 2.57. The molecule has 0 radical (unpaired) electrons. The van der Waals surface area contributed by atoms with Crippen LogP contribution in [0.25, 0.3) is 0 Å². The molecule has 0 saturated carbocycles. The predicted octanol–water partition coefficient (Wildman–Crippen LogP) is 3.63. The molecule has 1 saturated heterocycles. The molecule has 1 aromatic carbocycles. The first-order chi connectivity index (χ1) is 10.0. The summed E-state index contributed by atoms with van der Waals surface area (Å²) in [6.07, 6.45) is 3.13. The summed E-state index contributed by atoms with van der Waals surface area (Å²) in [4.78, 5) is 10.2. The molecule has 1 heterocycles. The van der Waals surface area contributed by atoms with E-state index in [4.69, 9.17) is 4.74 Å². The van der Waals surface area contributed by atoms with Gasteiger partial charge >= 0.3 is 0 Å². The van der Waals surface area contributed by atoms with Crippen molar-refractivity contribution in [2.45, 2.75) is 44.8 Å². The van der Waals surface area contributed by atoms with Gasteiger partial charge < -0.3 is 10.1 Å². The molecule has 2 atom stereocenters. The molecule has 0 amide bonds. The maximum atomic E-state index is 13.8. The van der Waals surface area contributed by atoms with Gasteiger partial charge in [0.25, 0.3) is 5.69 Å². The lowest BCUT2D eigenvalue weighted by Gasteiger charge is -2.30. The normalized spacial score (nSPS) is 22.0. The van der Waals surface area contributed by atoms with E-state index in [1.165, 1.54) is 0 Å². The second kappa shape index (κ2) is 6.80. The smallest absolute Gasteiger partial charge is 0.295 e. The van der Waals surface area contributed by atoms with Gasteiger partial charge in [0.15, 0.2) is 17.3 Å². The number of halogens is 2. The van der Waals surface area contributed by atoms with E-state index in [0.29, 0.717) is 19.4 Å². The van der Waals surface area contributed by atoms with Gasteiger partial charge in [0.05, 0.1) is 11.0 Å². The van der Waals surface area contributed by atoms with Gasteiger partial charge in [0.1, 0.15) is 0 Å². The summed E-state index contributed by atoms with van der Waals surface area (Å²) in [5.74, 6) is -2.30. The first kappa shape index (κ1) is 15.6. The third-order valence-electron chi connectivity index (χ3n) is 3.60. The highest BCUT2D eigenvalue weighted by molar-refractivity contribution is 5.63. The van der Waals surface area contributed by atoms with E-state index in [1.54, 1.807) is 0 Å². The van der Waals surface area contributed by atoms with Gasteiger partial charge in [-0.3, -0.25) is 10.1 Å². The molecule has 5 nitrogen and oxygen atoms in total. The highest BCUT2D eigenvalue weighted by Crippen LogP contribution is 2.31. The van der Waals surface area contributed by atoms with E-state index >= 15 is 0 Å². The summed E-state index contributed by atoms with van der Waals surface area (Å²) in [5, 5.41) is 13.7. The third-order valence-corrected chi connectivity index (χ3v) is 3.60. The summed E-state index contributed by atoms with van der Waals surface area (Å²) < 4.78 is 32.7. The monoisotopic (exact) mass is 300 g/mol. The number of hydrogen-bond donors (Lipinski definition) is 1. The van der Waals surface area contributed by atoms with Crippen LogP contribution >= 0.6 is 0 Å². The third kappa shape index (κ3) is 3.66. The lowest BCUT2D eigenvalue weighted by molar-refractivity contribution is -0.384. The van der Waals surface area contributed by atoms with Crippen molar-refractivity contribution in [3.63, 3.8) is 0 Å². The number of nitrogens with zero attached hydrogens (tertiary/aromatic N) is 1. The Balaban J connectivity index is 2.18. The zero-order valence-electron chi connectivity index (χ0n) is 11.8. The molecule has 1 aliphatic rings. The molecule has 0 aliphatic carbocycles. The van der Waals surface area contributed by atoms with Crippen LogP contribution < -0.4 is 5.32 Å². The molecule has 7 heteroatoms. The summed E-state index contributed by atoms with van der Waals surface area (Å²) in [6, 6.07) is 1.58. The van der Waals surface area contributed by atoms with Crippen molar-refractivity contribution in [3.8, 4) is 0 Å². The Hall–Kier alpha value is -1.76. The Labute approximate surface area is 121 Å². The van der Waals surface area contributed by atoms with Crippen molar-refractivity contribution >= 4 is 11.4 Å². The van der Waals surface area contributed by atoms with Crippen molar-refractivity contribution in [2.75, 3.05) is 11.9 Å². The molecule has 0 aromatic heterocycles. The number of rotatable bonds is 5. The first-order valence-electron chi connectivity index (χ1n) is 7.03. The van der Waals surface area contributed by atoms with Crippen molar-refractivity contribution in [1.82, 2.24) is 0 Å². The quantitative estimate of drug-likeness (QED) is 0.666. The standard InChI is InChI=1S/C14H18F2N2O3/c1-2-3-10-8-9(6-7-21-10)17-14-12(18(19)20)5-4-11(15)13(14)16/h4-5,9-10,17H,2-3,6-8H2,1H3. The minimum atomic E-state index is -1.21. The SMILES string of the molecule is CCCC1CC(Nc2c([N+](=O)[O-])ccc(F)c2F)CCO1. The zero-order valence-corrected chi connectivity index (χ0v) is 11.8. The lowest BCUT2D eigenvalue weighted by atomic mass is 9.99. The Morgan fingerprint density at radius 1 is 1.48 bits per heavy atom. The van der Waals surface area contributed by atoms with Crippen LogP contribution in [0.15, 0.2) is 12.1 Å². The van der Waals surface area contributed by atoms with Gasteiger partial charge in [0, 0.05) is 18.7 Å². The Morgan fingerprint density at radius 3 is 2.90 bits per heavy atom. The Kier molecular flexibility index (Phi) is 5.06. The Morgan fingerprint density at radius 2 is 2.24 bits per heavy atom. The van der Waals surface area contributed by atoms with Gasteiger partial charge in [-0.2, -0.15) is 0 Å². The number of ether oxygens (including phenoxy) is 1. The minimum Gasteiger partial charge on any atom is -0.378 e. The zero-order chi connectivity index (χ0) is 15.4. The molecule has 1 aromatic rings. The second-order valence-corrected chi connectivity index (χ2v) is 5.16. The number of nitro groups is 1. The molecule has 1 aliphatic heterocycles. The average Bonchev–Trinajstić information content (AvgIpc) is 2.44. The number of nitrogens with one attached hydrogen (secondary N) is 1. The van der Waals surface area contributed by atoms with Crippen LogP contribution in [0.3, 0.4) is 0 Å². The van der Waals surface area contributed by atoms with E-state index in [2.05, 4.69) is 5.32 Å². The Bertz CT molecular complexity index is 523. The highest BCUT2D eigenvalue weighted by Gasteiger charge is 2.27. The molecule has 116 valence electrons. The fourth-order valence-electron chi connectivity index (χ4n) is 2.57. The van der Waals surface area contributed by atoms with Gasteiger partial charge in [0.2, 0.25) is 0 Å². The molecule has 0 bridgehead atoms. The van der Waals surface area contributed by atoms with Gasteiger partial charge in [-0.05, 0) is 25.3 Å². The highest BCUT2D eigenvalue weighted by atomic mass is 19.2. The molecular formula is C14H18F2N2O3. The van der Waals surface area contributed by atoms with Crippen LogP contribution in [0.2, 0.25) is 0 Å². The van der Waals surface area contributed by atoms with Gasteiger partial charge in [-0.25, -0.2) is 8.78 Å². The van der Waals surface area contributed by atoms with Crippen molar-refractivity contribution in [2.24, 2.45) is 0 Å². The van der Waals surface area contributed by atoms with Crippen molar-refractivity contribution < 1.29 is 18.4 Å². The molecule has 0 spiro atoms. The summed E-state index contributed by atoms with van der Waals surface area (Å²) in [6.45, 7) is 2.55. The van der Waals surface area contributed by atoms with Crippen molar-refractivity contribution in [3.05, 3.63) is 33.9 Å². The molecule has 2 unspecified atom stereocenters. The summed E-state index contributed by atoms with van der Waals surface area (Å²) in [7, 11) is 0. The molecule has 2 rings (SSSR count). The van der Waals surface area contributed by atoms with Crippen LogP contribution in [0.5, 0.6) is 0 Å². The maximum Gasteiger partial charge on any atom is 0.295 e. The first-order valence-corrected chi connectivity index (χ1v) is 7.03. The second-order valence-electron chi connectivity index (χ2n) is 5.16. The van der Waals surface area contributed by atoms with E-state index in [-0.39, 0.29) is 17.8 Å². The van der Waals surface area contributed by atoms with Crippen LogP contribution in [0.1, 0.15) is 32.6 Å². The maximum absolute atomic E-state index is 13.8. The van der Waals surface area contributed by atoms with E-state index in [0.717, 1.165) is 25.0 Å². The topological polar surface area (TPSA) is 64.4 Å². The van der Waals surface area contributed by atoms with Crippen LogP contribution in [0.4, 0.5) is 20.2 Å². The largest absolute Gasteiger partial charge is 0.378 e. The van der Waals surface area contributed by atoms with E-state index in [1.807, 2.05) is 6.92 Å². The predicted molar refractivity (Wildman–Crippen MR) is 74.3 cm³/mol. The van der Waals surface area contributed by atoms with E-state index < -0.39 is 22.2 Å². The summed E-state index contributed by atoms with van der Waals surface area (Å²) in [5.41, 5.74) is -0.824. The fraction of sp³-hybridized carbons (Fsp3) is 0.571.